The molecule has 0 N–H and O–H groups in total. The fraction of sp³-hybridized carbons (Fsp3) is 0.219. The maximum atomic E-state index is 5.51. The lowest BCUT2D eigenvalue weighted by molar-refractivity contribution is 0.279. The van der Waals surface area contributed by atoms with Crippen LogP contribution in [0.2, 0.25) is 0 Å². The van der Waals surface area contributed by atoms with E-state index in [9.17, 15) is 0 Å². The summed E-state index contributed by atoms with van der Waals surface area (Å²) in [5.41, 5.74) is 3.74. The molecule has 0 fully saturated rings. The molecule has 0 radical (unpaired) electrons. The number of imidazole rings is 1. The van der Waals surface area contributed by atoms with Crippen molar-refractivity contribution in [3.05, 3.63) is 120 Å². The van der Waals surface area contributed by atoms with Crippen LogP contribution in [-0.4, -0.2) is 21.0 Å². The van der Waals surface area contributed by atoms with Crippen molar-refractivity contribution in [1.82, 2.24) is 14.5 Å². The lowest BCUT2D eigenvalue weighted by atomic mass is 10.0. The van der Waals surface area contributed by atoms with Crippen molar-refractivity contribution in [1.29, 1.82) is 0 Å². The third-order valence-electron chi connectivity index (χ3n) is 6.55. The van der Waals surface area contributed by atoms with Gasteiger partial charge in [-0.1, -0.05) is 92.2 Å². The first-order valence-electron chi connectivity index (χ1n) is 12.8. The number of unbranched alkanes of at least 4 members (excludes halogenated alkanes) is 1. The first-order valence-corrected chi connectivity index (χ1v) is 12.8. The van der Waals surface area contributed by atoms with Gasteiger partial charge in [-0.3, -0.25) is 4.90 Å². The normalized spacial score (nSPS) is 11.7. The minimum absolute atomic E-state index is 0.809. The average molecular weight is 476 g/mol. The van der Waals surface area contributed by atoms with E-state index in [4.69, 9.17) is 9.40 Å². The van der Waals surface area contributed by atoms with Crippen LogP contribution in [0.3, 0.4) is 0 Å². The van der Waals surface area contributed by atoms with Crippen LogP contribution in [0.4, 0.5) is 0 Å². The highest BCUT2D eigenvalue weighted by atomic mass is 16.3. The van der Waals surface area contributed by atoms with Crippen LogP contribution < -0.4 is 0 Å². The topological polar surface area (TPSA) is 34.2 Å². The van der Waals surface area contributed by atoms with Gasteiger partial charge in [0.1, 0.15) is 11.6 Å². The molecule has 0 saturated heterocycles. The van der Waals surface area contributed by atoms with Crippen LogP contribution >= 0.6 is 0 Å². The average Bonchev–Trinajstić information content (AvgIpc) is 3.58. The van der Waals surface area contributed by atoms with Crippen molar-refractivity contribution < 1.29 is 4.42 Å². The Kier molecular flexibility index (Phi) is 7.74. The second kappa shape index (κ2) is 11.7. The van der Waals surface area contributed by atoms with E-state index in [0.29, 0.717) is 0 Å². The van der Waals surface area contributed by atoms with E-state index in [2.05, 4.69) is 108 Å². The Labute approximate surface area is 213 Å². The minimum Gasteiger partial charge on any atom is -0.465 e. The molecule has 2 heterocycles. The number of nitrogens with zero attached hydrogens (tertiary/aromatic N) is 3. The Morgan fingerprint density at radius 1 is 0.889 bits per heavy atom. The second-order valence-corrected chi connectivity index (χ2v) is 9.17. The summed E-state index contributed by atoms with van der Waals surface area (Å²) in [7, 11) is 0. The van der Waals surface area contributed by atoms with Gasteiger partial charge in [0.2, 0.25) is 0 Å². The maximum Gasteiger partial charge on any atom is 0.140 e. The number of fused-ring (bicyclic) bond motifs is 1. The van der Waals surface area contributed by atoms with Crippen LogP contribution in [-0.2, 0) is 19.6 Å². The SMILES string of the molecule is CCCCn1c(CN(C/C=C\c2ccco2)Cc2cccc3ccccc23)cnc1-c1ccccc1. The summed E-state index contributed by atoms with van der Waals surface area (Å²) in [5, 5.41) is 2.59. The molecule has 0 aliphatic carbocycles. The standard InChI is InChI=1S/C32H33N3O/c1-2-3-21-35-29(23-33-32(35)27-13-5-4-6-14-27)25-34(20-10-17-30-18-11-22-36-30)24-28-16-9-15-26-12-7-8-19-31(26)28/h4-19,22-23H,2-3,20-21,24-25H2,1H3/b17-10-. The molecule has 5 rings (SSSR count). The Bertz CT molecular complexity index is 1390. The molecule has 4 heteroatoms. The zero-order chi connectivity index (χ0) is 24.6. The number of rotatable bonds is 11. The fourth-order valence-electron chi connectivity index (χ4n) is 4.71. The molecule has 0 spiro atoms. The lowest BCUT2D eigenvalue weighted by Crippen LogP contribution is -2.25. The van der Waals surface area contributed by atoms with Crippen molar-refractivity contribution in [3.63, 3.8) is 0 Å². The summed E-state index contributed by atoms with van der Waals surface area (Å²) in [6.07, 6.45) is 10.3. The summed E-state index contributed by atoms with van der Waals surface area (Å²) in [5.74, 6) is 1.93. The molecule has 182 valence electrons. The quantitative estimate of drug-likeness (QED) is 0.195. The van der Waals surface area contributed by atoms with Gasteiger partial charge in [-0.2, -0.15) is 0 Å². The highest BCUT2D eigenvalue weighted by Gasteiger charge is 2.15. The lowest BCUT2D eigenvalue weighted by Gasteiger charge is -2.23. The Morgan fingerprint density at radius 2 is 1.72 bits per heavy atom. The number of benzene rings is 3. The van der Waals surface area contributed by atoms with Gasteiger partial charge in [-0.25, -0.2) is 4.98 Å². The summed E-state index contributed by atoms with van der Waals surface area (Å²) in [6, 6.07) is 29.7. The molecule has 0 aliphatic rings. The van der Waals surface area contributed by atoms with Gasteiger partial charge in [0, 0.05) is 31.7 Å². The number of aromatic nitrogens is 2. The van der Waals surface area contributed by atoms with E-state index in [1.807, 2.05) is 12.1 Å². The van der Waals surface area contributed by atoms with Gasteiger partial charge in [0.05, 0.1) is 18.2 Å². The number of hydrogen-bond acceptors (Lipinski definition) is 3. The molecule has 0 atom stereocenters. The number of hydrogen-bond donors (Lipinski definition) is 0. The van der Waals surface area contributed by atoms with Crippen molar-refractivity contribution in [2.24, 2.45) is 0 Å². The molecular weight excluding hydrogens is 442 g/mol. The van der Waals surface area contributed by atoms with Gasteiger partial charge >= 0.3 is 0 Å². The molecule has 0 unspecified atom stereocenters. The summed E-state index contributed by atoms with van der Waals surface area (Å²) in [6.45, 7) is 5.69. The molecule has 5 aromatic rings. The predicted molar refractivity (Wildman–Crippen MR) is 148 cm³/mol. The van der Waals surface area contributed by atoms with Gasteiger partial charge in [0.15, 0.2) is 0 Å². The molecule has 2 aromatic heterocycles. The molecule has 4 nitrogen and oxygen atoms in total. The van der Waals surface area contributed by atoms with E-state index in [1.165, 1.54) is 22.0 Å². The first-order chi connectivity index (χ1) is 17.8. The van der Waals surface area contributed by atoms with Crippen molar-refractivity contribution >= 4 is 16.8 Å². The van der Waals surface area contributed by atoms with E-state index < -0.39 is 0 Å². The number of furan rings is 1. The minimum atomic E-state index is 0.809. The smallest absolute Gasteiger partial charge is 0.140 e. The summed E-state index contributed by atoms with van der Waals surface area (Å²) >= 11 is 0. The molecule has 0 saturated carbocycles. The third kappa shape index (κ3) is 5.67. The first kappa shape index (κ1) is 23.8. The van der Waals surface area contributed by atoms with Crippen molar-refractivity contribution in [2.75, 3.05) is 6.54 Å². The van der Waals surface area contributed by atoms with Crippen LogP contribution in [0.1, 0.15) is 36.8 Å². The molecule has 0 bridgehead atoms. The zero-order valence-corrected chi connectivity index (χ0v) is 20.9. The molecule has 36 heavy (non-hydrogen) atoms. The fourth-order valence-corrected chi connectivity index (χ4v) is 4.71. The van der Waals surface area contributed by atoms with Crippen molar-refractivity contribution in [3.8, 4) is 11.4 Å². The molecule has 0 aliphatic heterocycles. The van der Waals surface area contributed by atoms with Crippen LogP contribution in [0.15, 0.2) is 108 Å². The van der Waals surface area contributed by atoms with Gasteiger partial charge < -0.3 is 8.98 Å². The Hall–Kier alpha value is -3.89. The zero-order valence-electron chi connectivity index (χ0n) is 20.9. The van der Waals surface area contributed by atoms with Crippen LogP contribution in [0.5, 0.6) is 0 Å². The van der Waals surface area contributed by atoms with E-state index in [-0.39, 0.29) is 0 Å². The van der Waals surface area contributed by atoms with Gasteiger partial charge in [-0.05, 0) is 41.0 Å². The summed E-state index contributed by atoms with van der Waals surface area (Å²) in [4.78, 5) is 7.36. The van der Waals surface area contributed by atoms with Crippen LogP contribution in [0, 0.1) is 0 Å². The Balaban J connectivity index is 1.45. The van der Waals surface area contributed by atoms with Crippen molar-refractivity contribution in [2.45, 2.75) is 39.4 Å². The predicted octanol–water partition coefficient (Wildman–Crippen LogP) is 7.81. The Morgan fingerprint density at radius 3 is 2.56 bits per heavy atom. The third-order valence-corrected chi connectivity index (χ3v) is 6.55. The molecular formula is C32H33N3O. The van der Waals surface area contributed by atoms with Gasteiger partial charge in [0.25, 0.3) is 0 Å². The molecule has 3 aromatic carbocycles. The maximum absolute atomic E-state index is 5.51. The monoisotopic (exact) mass is 475 g/mol. The highest BCUT2D eigenvalue weighted by molar-refractivity contribution is 5.85. The van der Waals surface area contributed by atoms with E-state index in [1.54, 1.807) is 6.26 Å². The highest BCUT2D eigenvalue weighted by Crippen LogP contribution is 2.24. The second-order valence-electron chi connectivity index (χ2n) is 9.17. The van der Waals surface area contributed by atoms with E-state index in [0.717, 1.165) is 56.2 Å². The van der Waals surface area contributed by atoms with Gasteiger partial charge in [-0.15, -0.1) is 0 Å². The molecule has 0 amide bonds. The largest absolute Gasteiger partial charge is 0.465 e. The van der Waals surface area contributed by atoms with E-state index >= 15 is 0 Å². The summed E-state index contributed by atoms with van der Waals surface area (Å²) < 4.78 is 7.91. The van der Waals surface area contributed by atoms with Crippen LogP contribution in [0.25, 0.3) is 28.2 Å².